The highest BCUT2D eigenvalue weighted by Crippen LogP contribution is 2.24. The van der Waals surface area contributed by atoms with Crippen molar-refractivity contribution in [2.75, 3.05) is 18.6 Å². The van der Waals surface area contributed by atoms with E-state index in [2.05, 4.69) is 4.72 Å². The molecule has 3 rings (SSSR count). The Labute approximate surface area is 165 Å². The molecule has 2 aromatic rings. The molecule has 144 valence electrons. The lowest BCUT2D eigenvalue weighted by atomic mass is 10.00. The number of sulfonamides is 1. The number of rotatable bonds is 6. The van der Waals surface area contributed by atoms with Crippen molar-refractivity contribution in [3.8, 4) is 0 Å². The molecule has 1 amide bonds. The van der Waals surface area contributed by atoms with Gasteiger partial charge in [-0.2, -0.15) is 11.8 Å². The maximum Gasteiger partial charge on any atom is 0.241 e. The third-order valence-electron chi connectivity index (χ3n) is 4.75. The quantitative estimate of drug-likeness (QED) is 0.804. The lowest BCUT2D eigenvalue weighted by Crippen LogP contribution is -2.37. The molecule has 1 N–H and O–H groups in total. The molecule has 27 heavy (non-hydrogen) atoms. The first-order valence-electron chi connectivity index (χ1n) is 8.86. The van der Waals surface area contributed by atoms with E-state index in [1.165, 1.54) is 11.8 Å². The van der Waals surface area contributed by atoms with Crippen LogP contribution < -0.4 is 4.72 Å². The summed E-state index contributed by atoms with van der Waals surface area (Å²) in [4.78, 5) is 14.2. The second-order valence-electron chi connectivity index (χ2n) is 6.68. The Morgan fingerprint density at radius 3 is 2.63 bits per heavy atom. The molecule has 1 aliphatic rings. The number of carbonyl (C=O) groups is 1. The molecule has 7 heteroatoms. The summed E-state index contributed by atoms with van der Waals surface area (Å²) in [5, 5.41) is 0. The summed E-state index contributed by atoms with van der Waals surface area (Å²) >= 11 is 1.52. The number of benzene rings is 2. The summed E-state index contributed by atoms with van der Waals surface area (Å²) in [6, 6.07) is 14.4. The fraction of sp³-hybridized carbons (Fsp3) is 0.350. The van der Waals surface area contributed by atoms with Gasteiger partial charge in [-0.3, -0.25) is 4.79 Å². The van der Waals surface area contributed by atoms with Crippen LogP contribution in [0.15, 0.2) is 53.4 Å². The number of thioether (sulfide) groups is 1. The van der Waals surface area contributed by atoms with Gasteiger partial charge in [0.1, 0.15) is 0 Å². The summed E-state index contributed by atoms with van der Waals surface area (Å²) < 4.78 is 28.3. The highest BCUT2D eigenvalue weighted by Gasteiger charge is 2.24. The first kappa shape index (κ1) is 19.9. The minimum Gasteiger partial charge on any atom is -0.337 e. The van der Waals surface area contributed by atoms with Crippen molar-refractivity contribution in [2.24, 2.45) is 0 Å². The summed E-state index contributed by atoms with van der Waals surface area (Å²) in [7, 11) is -3.61. The monoisotopic (exact) mass is 404 g/mol. The molecule has 0 fully saturated rings. The zero-order valence-electron chi connectivity index (χ0n) is 15.5. The smallest absolute Gasteiger partial charge is 0.241 e. The molecular weight excluding hydrogens is 380 g/mol. The zero-order valence-corrected chi connectivity index (χ0v) is 17.1. The van der Waals surface area contributed by atoms with Gasteiger partial charge >= 0.3 is 0 Å². The third-order valence-corrected chi connectivity index (χ3v) is 6.83. The number of nitrogens with zero attached hydrogens (tertiary/aromatic N) is 1. The molecule has 0 saturated carbocycles. The minimum absolute atomic E-state index is 0.128. The number of amides is 1. The molecule has 5 nitrogen and oxygen atoms in total. The fourth-order valence-corrected chi connectivity index (χ4v) is 4.95. The van der Waals surface area contributed by atoms with E-state index in [1.807, 2.05) is 54.5 Å². The van der Waals surface area contributed by atoms with Crippen LogP contribution in [0.1, 0.15) is 29.7 Å². The first-order valence-corrected chi connectivity index (χ1v) is 11.7. The lowest BCUT2D eigenvalue weighted by Gasteiger charge is -2.29. The maximum atomic E-state index is 12.8. The highest BCUT2D eigenvalue weighted by molar-refractivity contribution is 7.99. The Bertz CT molecular complexity index is 914. The molecular formula is C20H24N2O3S2. The number of nitrogens with one attached hydrogen (secondary N) is 1. The number of hydrogen-bond acceptors (Lipinski definition) is 4. The van der Waals surface area contributed by atoms with Crippen LogP contribution in [0.3, 0.4) is 0 Å². The Balaban J connectivity index is 1.76. The number of fused-ring (bicyclic) bond motifs is 1. The Kier molecular flexibility index (Phi) is 6.24. The summed E-state index contributed by atoms with van der Waals surface area (Å²) in [5.41, 5.74) is 2.94. The minimum atomic E-state index is -3.61. The van der Waals surface area contributed by atoms with Crippen LogP contribution in [0.4, 0.5) is 0 Å². The third kappa shape index (κ3) is 4.72. The van der Waals surface area contributed by atoms with Gasteiger partial charge in [-0.15, -0.1) is 0 Å². The van der Waals surface area contributed by atoms with Crippen molar-refractivity contribution < 1.29 is 13.2 Å². The van der Waals surface area contributed by atoms with E-state index in [4.69, 9.17) is 0 Å². The molecule has 1 aliphatic heterocycles. The average molecular weight is 405 g/mol. The fourth-order valence-electron chi connectivity index (χ4n) is 3.23. The van der Waals surface area contributed by atoms with Crippen molar-refractivity contribution in [2.45, 2.75) is 30.8 Å². The van der Waals surface area contributed by atoms with Crippen LogP contribution in [0.5, 0.6) is 0 Å². The maximum absolute atomic E-state index is 12.8. The van der Waals surface area contributed by atoms with Crippen LogP contribution in [-0.2, 0) is 27.8 Å². The Morgan fingerprint density at radius 1 is 1.19 bits per heavy atom. The molecule has 0 aromatic heterocycles. The van der Waals surface area contributed by atoms with Crippen LogP contribution >= 0.6 is 11.8 Å². The van der Waals surface area contributed by atoms with Gasteiger partial charge in [-0.05, 0) is 48.4 Å². The van der Waals surface area contributed by atoms with Crippen LogP contribution in [0.25, 0.3) is 0 Å². The van der Waals surface area contributed by atoms with Gasteiger partial charge in [0.15, 0.2) is 0 Å². The van der Waals surface area contributed by atoms with E-state index >= 15 is 0 Å². The van der Waals surface area contributed by atoms with E-state index in [0.29, 0.717) is 25.3 Å². The van der Waals surface area contributed by atoms with E-state index in [0.717, 1.165) is 16.7 Å². The number of hydrogen-bond donors (Lipinski definition) is 1. The van der Waals surface area contributed by atoms with Gasteiger partial charge in [-0.25, -0.2) is 13.1 Å². The zero-order chi connectivity index (χ0) is 19.4. The van der Waals surface area contributed by atoms with Crippen LogP contribution in [-0.4, -0.2) is 37.8 Å². The normalized spacial score (nSPS) is 15.3. The molecule has 0 radical (unpaired) electrons. The molecule has 1 heterocycles. The van der Waals surface area contributed by atoms with Gasteiger partial charge in [0.05, 0.1) is 10.6 Å². The highest BCUT2D eigenvalue weighted by atomic mass is 32.2. The Hall–Kier alpha value is -1.83. The van der Waals surface area contributed by atoms with E-state index < -0.39 is 10.0 Å². The molecule has 0 unspecified atom stereocenters. The second-order valence-corrected chi connectivity index (χ2v) is 9.26. The molecule has 0 bridgehead atoms. The summed E-state index contributed by atoms with van der Waals surface area (Å²) in [6.07, 6.45) is 2.59. The SMILES string of the molecule is CSCC(=O)N1CCc2cc(S(=O)(=O)N[C@@H](C)c3ccccc3)ccc2C1. The molecule has 0 aliphatic carbocycles. The van der Waals surface area contributed by atoms with E-state index in [9.17, 15) is 13.2 Å². The summed E-state index contributed by atoms with van der Waals surface area (Å²) in [5.74, 6) is 0.603. The molecule has 0 saturated heterocycles. The Morgan fingerprint density at radius 2 is 1.93 bits per heavy atom. The first-order chi connectivity index (χ1) is 12.9. The largest absolute Gasteiger partial charge is 0.337 e. The van der Waals surface area contributed by atoms with Crippen molar-refractivity contribution >= 4 is 27.7 Å². The molecule has 2 aromatic carbocycles. The van der Waals surface area contributed by atoms with Crippen molar-refractivity contribution in [3.63, 3.8) is 0 Å². The van der Waals surface area contributed by atoms with Crippen LogP contribution in [0.2, 0.25) is 0 Å². The lowest BCUT2D eigenvalue weighted by molar-refractivity contribution is -0.129. The average Bonchev–Trinajstić information content (AvgIpc) is 2.67. The van der Waals surface area contributed by atoms with Gasteiger partial charge in [0.2, 0.25) is 15.9 Å². The molecule has 0 spiro atoms. The predicted molar refractivity (Wildman–Crippen MR) is 109 cm³/mol. The number of carbonyl (C=O) groups excluding carboxylic acids is 1. The van der Waals surface area contributed by atoms with Gasteiger partial charge in [0, 0.05) is 19.1 Å². The summed E-state index contributed by atoms with van der Waals surface area (Å²) in [6.45, 7) is 3.01. The second kappa shape index (κ2) is 8.46. The topological polar surface area (TPSA) is 66.5 Å². The van der Waals surface area contributed by atoms with Gasteiger partial charge in [-0.1, -0.05) is 36.4 Å². The van der Waals surface area contributed by atoms with Gasteiger partial charge in [0.25, 0.3) is 0 Å². The van der Waals surface area contributed by atoms with Crippen molar-refractivity contribution in [1.29, 1.82) is 0 Å². The van der Waals surface area contributed by atoms with Crippen LogP contribution in [0, 0.1) is 0 Å². The van der Waals surface area contributed by atoms with Gasteiger partial charge < -0.3 is 4.90 Å². The van der Waals surface area contributed by atoms with E-state index in [-0.39, 0.29) is 16.8 Å². The van der Waals surface area contributed by atoms with E-state index in [1.54, 1.807) is 12.1 Å². The standard InChI is InChI=1S/C20H24N2O3S2/c1-15(16-6-4-3-5-7-16)21-27(24,25)19-9-8-18-13-22(20(23)14-26-2)11-10-17(18)12-19/h3-9,12,15,21H,10-11,13-14H2,1-2H3/t15-/m0/s1. The van der Waals surface area contributed by atoms with Crippen molar-refractivity contribution in [1.82, 2.24) is 9.62 Å². The molecule has 1 atom stereocenters. The predicted octanol–water partition coefficient (Wildman–Crippen LogP) is 2.97. The van der Waals surface area contributed by atoms with Crippen molar-refractivity contribution in [3.05, 3.63) is 65.2 Å².